The molecule has 3 rings (SSSR count). The van der Waals surface area contributed by atoms with Gasteiger partial charge in [-0.3, -0.25) is 14.9 Å². The molecule has 0 radical (unpaired) electrons. The predicted molar refractivity (Wildman–Crippen MR) is 114 cm³/mol. The monoisotopic (exact) mass is 470 g/mol. The summed E-state index contributed by atoms with van der Waals surface area (Å²) < 4.78 is 32.4. The number of aromatic nitrogens is 2. The number of sulfonamides is 1. The fourth-order valence-electron chi connectivity index (χ4n) is 2.84. The summed E-state index contributed by atoms with van der Waals surface area (Å²) in [4.78, 5) is 23.9. The molecular formula is C18H22N4O5S3. The number of piperidine rings is 1. The van der Waals surface area contributed by atoms with Crippen molar-refractivity contribution in [1.82, 2.24) is 14.5 Å². The molecule has 2 heterocycles. The average Bonchev–Trinajstić information content (AvgIpc) is 3.19. The van der Waals surface area contributed by atoms with Crippen LogP contribution in [0.4, 0.5) is 5.13 Å². The third-order valence-corrected chi connectivity index (χ3v) is 8.48. The Morgan fingerprint density at radius 3 is 2.73 bits per heavy atom. The second kappa shape index (κ2) is 9.86. The Hall–Kier alpha value is -2.02. The summed E-state index contributed by atoms with van der Waals surface area (Å²) in [6.45, 7) is 3.08. The Balaban J connectivity index is 1.68. The van der Waals surface area contributed by atoms with Crippen LogP contribution in [-0.4, -0.2) is 60.7 Å². The second-order valence-electron chi connectivity index (χ2n) is 6.81. The topological polar surface area (TPSA) is 119 Å². The van der Waals surface area contributed by atoms with Crippen molar-refractivity contribution in [1.29, 1.82) is 0 Å². The van der Waals surface area contributed by atoms with Crippen LogP contribution < -0.4 is 5.32 Å². The highest BCUT2D eigenvalue weighted by molar-refractivity contribution is 8.01. The number of hydrogen-bond acceptors (Lipinski definition) is 9. The van der Waals surface area contributed by atoms with E-state index in [9.17, 15) is 18.0 Å². The van der Waals surface area contributed by atoms with E-state index in [0.29, 0.717) is 23.3 Å². The van der Waals surface area contributed by atoms with Crippen molar-refractivity contribution in [3.05, 3.63) is 29.8 Å². The highest BCUT2D eigenvalue weighted by Gasteiger charge is 2.28. The third-order valence-electron chi connectivity index (χ3n) is 4.64. The first-order chi connectivity index (χ1) is 14.3. The number of carbonyl (C=O) groups excluding carboxylic acids is 2. The van der Waals surface area contributed by atoms with Gasteiger partial charge in [0.25, 0.3) is 5.91 Å². The van der Waals surface area contributed by atoms with Crippen LogP contribution in [0.25, 0.3) is 0 Å². The molecule has 1 amide bonds. The lowest BCUT2D eigenvalue weighted by atomic mass is 10.0. The van der Waals surface area contributed by atoms with E-state index in [1.807, 2.05) is 0 Å². The van der Waals surface area contributed by atoms with Gasteiger partial charge < -0.3 is 4.74 Å². The molecule has 1 fully saturated rings. The van der Waals surface area contributed by atoms with Crippen LogP contribution in [-0.2, 0) is 19.6 Å². The molecule has 0 saturated carbocycles. The number of methoxy groups -OCH3 is 1. The van der Waals surface area contributed by atoms with Gasteiger partial charge in [-0.05, 0) is 37.0 Å². The molecule has 0 spiro atoms. The zero-order chi connectivity index (χ0) is 21.7. The van der Waals surface area contributed by atoms with Crippen LogP contribution in [0.2, 0.25) is 0 Å². The number of anilines is 1. The molecule has 1 aromatic heterocycles. The van der Waals surface area contributed by atoms with Crippen LogP contribution in [0, 0.1) is 5.92 Å². The van der Waals surface area contributed by atoms with E-state index >= 15 is 0 Å². The molecule has 9 nitrogen and oxygen atoms in total. The molecule has 0 unspecified atom stereocenters. The minimum Gasteiger partial charge on any atom is -0.468 e. The van der Waals surface area contributed by atoms with Gasteiger partial charge in [0, 0.05) is 18.7 Å². The number of amides is 1. The molecule has 1 aliphatic rings. The summed E-state index contributed by atoms with van der Waals surface area (Å²) in [6, 6.07) is 5.96. The standard InChI is InChI=1S/C18H22N4O5S3/c1-12-6-8-22(9-7-12)30(25,26)14-5-3-4-13(10-14)16(24)19-17-20-21-18(29-17)28-11-15(23)27-2/h3-5,10,12H,6-9,11H2,1-2H3,(H,19,20,24). The van der Waals surface area contributed by atoms with Crippen molar-refractivity contribution >= 4 is 50.1 Å². The summed E-state index contributed by atoms with van der Waals surface area (Å²) >= 11 is 2.27. The number of benzene rings is 1. The Morgan fingerprint density at radius 2 is 2.03 bits per heavy atom. The number of hydrogen-bond donors (Lipinski definition) is 1. The van der Waals surface area contributed by atoms with Gasteiger partial charge in [0.15, 0.2) is 4.34 Å². The van der Waals surface area contributed by atoms with Crippen molar-refractivity contribution in [2.45, 2.75) is 29.0 Å². The minimum atomic E-state index is -3.65. The van der Waals surface area contributed by atoms with Gasteiger partial charge in [0.2, 0.25) is 15.2 Å². The fourth-order valence-corrected chi connectivity index (χ4v) is 5.94. The van der Waals surface area contributed by atoms with Gasteiger partial charge in [-0.1, -0.05) is 36.1 Å². The van der Waals surface area contributed by atoms with Gasteiger partial charge in [-0.2, -0.15) is 4.31 Å². The number of carbonyl (C=O) groups is 2. The van der Waals surface area contributed by atoms with Gasteiger partial charge >= 0.3 is 5.97 Å². The lowest BCUT2D eigenvalue weighted by Crippen LogP contribution is -2.37. The van der Waals surface area contributed by atoms with Crippen LogP contribution in [0.3, 0.4) is 0 Å². The molecule has 1 N–H and O–H groups in total. The first-order valence-corrected chi connectivity index (χ1v) is 12.5. The summed E-state index contributed by atoms with van der Waals surface area (Å²) in [7, 11) is -2.35. The normalized spacial score (nSPS) is 15.7. The van der Waals surface area contributed by atoms with Gasteiger partial charge in [-0.15, -0.1) is 10.2 Å². The zero-order valence-corrected chi connectivity index (χ0v) is 19.0. The molecule has 1 saturated heterocycles. The number of nitrogens with zero attached hydrogens (tertiary/aromatic N) is 3. The van der Waals surface area contributed by atoms with E-state index in [2.05, 4.69) is 27.2 Å². The molecule has 2 aromatic rings. The number of rotatable bonds is 7. The third kappa shape index (κ3) is 5.56. The van der Waals surface area contributed by atoms with E-state index < -0.39 is 15.9 Å². The average molecular weight is 471 g/mol. The fraction of sp³-hybridized carbons (Fsp3) is 0.444. The Morgan fingerprint density at radius 1 is 1.30 bits per heavy atom. The molecule has 1 aliphatic heterocycles. The maximum Gasteiger partial charge on any atom is 0.316 e. The molecule has 1 aromatic carbocycles. The molecular weight excluding hydrogens is 448 g/mol. The molecule has 0 atom stereocenters. The summed E-state index contributed by atoms with van der Waals surface area (Å²) in [5.74, 6) is -0.271. The quantitative estimate of drug-likeness (QED) is 0.372. The van der Waals surface area contributed by atoms with Gasteiger partial charge in [0.05, 0.1) is 17.8 Å². The van der Waals surface area contributed by atoms with E-state index in [1.165, 1.54) is 23.5 Å². The Kier molecular flexibility index (Phi) is 7.45. The smallest absolute Gasteiger partial charge is 0.316 e. The first kappa shape index (κ1) is 22.7. The van der Waals surface area contributed by atoms with Crippen molar-refractivity contribution in [3.8, 4) is 0 Å². The highest BCUT2D eigenvalue weighted by Crippen LogP contribution is 2.27. The van der Waals surface area contributed by atoms with Crippen molar-refractivity contribution in [2.24, 2.45) is 5.92 Å². The molecule has 30 heavy (non-hydrogen) atoms. The highest BCUT2D eigenvalue weighted by atomic mass is 32.2. The largest absolute Gasteiger partial charge is 0.468 e. The lowest BCUT2D eigenvalue weighted by molar-refractivity contribution is -0.137. The number of nitrogens with one attached hydrogen (secondary N) is 1. The SMILES string of the molecule is COC(=O)CSc1nnc(NC(=O)c2cccc(S(=O)(=O)N3CCC(C)CC3)c2)s1. The predicted octanol–water partition coefficient (Wildman–Crippen LogP) is 2.48. The van der Waals surface area contributed by atoms with Crippen molar-refractivity contribution < 1.29 is 22.7 Å². The Labute approximate surface area is 183 Å². The molecule has 12 heteroatoms. The van der Waals surface area contributed by atoms with Gasteiger partial charge in [-0.25, -0.2) is 8.42 Å². The van der Waals surface area contributed by atoms with Crippen LogP contribution in [0.15, 0.2) is 33.5 Å². The van der Waals surface area contributed by atoms with E-state index in [4.69, 9.17) is 0 Å². The number of thioether (sulfide) groups is 1. The van der Waals surface area contributed by atoms with E-state index in [0.717, 1.165) is 35.9 Å². The van der Waals surface area contributed by atoms with Crippen LogP contribution >= 0.6 is 23.1 Å². The number of esters is 1. The second-order valence-corrected chi connectivity index (χ2v) is 10.9. The maximum absolute atomic E-state index is 12.9. The summed E-state index contributed by atoms with van der Waals surface area (Å²) in [5, 5.41) is 10.6. The van der Waals surface area contributed by atoms with Crippen molar-refractivity contribution in [2.75, 3.05) is 31.3 Å². The maximum atomic E-state index is 12.9. The van der Waals surface area contributed by atoms with Crippen molar-refractivity contribution in [3.63, 3.8) is 0 Å². The van der Waals surface area contributed by atoms with E-state index in [-0.39, 0.29) is 27.3 Å². The Bertz CT molecular complexity index is 1020. The first-order valence-electron chi connectivity index (χ1n) is 9.24. The molecule has 0 aliphatic carbocycles. The van der Waals surface area contributed by atoms with E-state index in [1.54, 1.807) is 12.1 Å². The van der Waals surface area contributed by atoms with Gasteiger partial charge in [0.1, 0.15) is 0 Å². The summed E-state index contributed by atoms with van der Waals surface area (Å²) in [5.41, 5.74) is 0.209. The molecule has 162 valence electrons. The lowest BCUT2D eigenvalue weighted by Gasteiger charge is -2.29. The minimum absolute atomic E-state index is 0.0915. The van der Waals surface area contributed by atoms with Crippen LogP contribution in [0.1, 0.15) is 30.1 Å². The summed E-state index contributed by atoms with van der Waals surface area (Å²) in [6.07, 6.45) is 1.65. The zero-order valence-electron chi connectivity index (χ0n) is 16.5. The molecule has 0 bridgehead atoms. The van der Waals surface area contributed by atoms with Crippen LogP contribution in [0.5, 0.6) is 0 Å². The number of ether oxygens (including phenoxy) is 1.